The van der Waals surface area contributed by atoms with E-state index in [2.05, 4.69) is 20.8 Å². The third-order valence-electron chi connectivity index (χ3n) is 2.66. The van der Waals surface area contributed by atoms with Crippen molar-refractivity contribution in [3.8, 4) is 0 Å². The molecule has 0 heterocycles. The van der Waals surface area contributed by atoms with Gasteiger partial charge in [-0.3, -0.25) is 0 Å². The van der Waals surface area contributed by atoms with Crippen molar-refractivity contribution in [2.24, 2.45) is 17.3 Å². The van der Waals surface area contributed by atoms with Crippen molar-refractivity contribution in [3.05, 3.63) is 0 Å². The van der Waals surface area contributed by atoms with E-state index in [-0.39, 0.29) is 0 Å². The maximum atomic E-state index is 8.95. The molecule has 1 aliphatic carbocycles. The summed E-state index contributed by atoms with van der Waals surface area (Å²) in [6.45, 7) is 7.05. The van der Waals surface area contributed by atoms with Crippen molar-refractivity contribution in [1.82, 2.24) is 0 Å². The van der Waals surface area contributed by atoms with Crippen molar-refractivity contribution in [3.63, 3.8) is 0 Å². The van der Waals surface area contributed by atoms with Gasteiger partial charge < -0.3 is 5.11 Å². The molecule has 60 valence electrons. The van der Waals surface area contributed by atoms with Crippen molar-refractivity contribution in [2.75, 3.05) is 6.61 Å². The normalized spacial score (nSPS) is 38.7. The first-order valence-electron chi connectivity index (χ1n) is 4.19. The Labute approximate surface area is 63.4 Å². The van der Waals surface area contributed by atoms with E-state index < -0.39 is 0 Å². The third kappa shape index (κ3) is 1.51. The molecule has 2 unspecified atom stereocenters. The van der Waals surface area contributed by atoms with Crippen LogP contribution < -0.4 is 0 Å². The Morgan fingerprint density at radius 3 is 2.50 bits per heavy atom. The number of rotatable bonds is 3. The molecular formula is C9H18O. The number of hydrogen-bond acceptors (Lipinski definition) is 1. The van der Waals surface area contributed by atoms with Crippen LogP contribution in [0.5, 0.6) is 0 Å². The van der Waals surface area contributed by atoms with E-state index in [1.807, 2.05) is 0 Å². The van der Waals surface area contributed by atoms with Crippen LogP contribution in [0.2, 0.25) is 0 Å². The standard InChI is InChI=1S/C9H18O/c1-7(2)4-8-5-9(8,3)6-10/h7-8,10H,4-6H2,1-3H3. The van der Waals surface area contributed by atoms with Gasteiger partial charge in [0.25, 0.3) is 0 Å². The predicted molar refractivity (Wildman–Crippen MR) is 42.8 cm³/mol. The van der Waals surface area contributed by atoms with E-state index >= 15 is 0 Å². The Morgan fingerprint density at radius 1 is 1.60 bits per heavy atom. The highest BCUT2D eigenvalue weighted by molar-refractivity contribution is 4.98. The van der Waals surface area contributed by atoms with Crippen LogP contribution in [0.3, 0.4) is 0 Å². The van der Waals surface area contributed by atoms with Gasteiger partial charge in [0, 0.05) is 6.61 Å². The minimum Gasteiger partial charge on any atom is -0.396 e. The molecule has 1 aliphatic rings. The average Bonchev–Trinajstić information content (AvgIpc) is 2.43. The van der Waals surface area contributed by atoms with Crippen LogP contribution in [-0.4, -0.2) is 11.7 Å². The van der Waals surface area contributed by atoms with Gasteiger partial charge in [0.1, 0.15) is 0 Å². The fourth-order valence-corrected chi connectivity index (χ4v) is 1.63. The van der Waals surface area contributed by atoms with Crippen molar-refractivity contribution >= 4 is 0 Å². The van der Waals surface area contributed by atoms with Crippen LogP contribution in [0, 0.1) is 17.3 Å². The Bertz CT molecular complexity index is 120. The van der Waals surface area contributed by atoms with Gasteiger partial charge in [0.05, 0.1) is 0 Å². The summed E-state index contributed by atoms with van der Waals surface area (Å²) in [5, 5.41) is 8.95. The molecule has 0 bridgehead atoms. The lowest BCUT2D eigenvalue weighted by Crippen LogP contribution is -2.05. The van der Waals surface area contributed by atoms with Gasteiger partial charge in [0.15, 0.2) is 0 Å². The molecule has 1 fully saturated rings. The minimum atomic E-state index is 0.296. The Hall–Kier alpha value is -0.0400. The van der Waals surface area contributed by atoms with Crippen molar-refractivity contribution in [1.29, 1.82) is 0 Å². The smallest absolute Gasteiger partial charge is 0.0487 e. The molecule has 0 aromatic carbocycles. The van der Waals surface area contributed by atoms with Gasteiger partial charge in [-0.05, 0) is 30.1 Å². The first-order valence-corrected chi connectivity index (χ1v) is 4.19. The number of aliphatic hydroxyl groups excluding tert-OH is 1. The second-order valence-corrected chi connectivity index (χ2v) is 4.34. The fourth-order valence-electron chi connectivity index (χ4n) is 1.63. The molecule has 0 aliphatic heterocycles. The Balaban J connectivity index is 2.24. The summed E-state index contributed by atoms with van der Waals surface area (Å²) in [6, 6.07) is 0. The topological polar surface area (TPSA) is 20.2 Å². The highest BCUT2D eigenvalue weighted by atomic mass is 16.3. The lowest BCUT2D eigenvalue weighted by molar-refractivity contribution is 0.207. The average molecular weight is 142 g/mol. The number of aliphatic hydroxyl groups is 1. The molecule has 0 amide bonds. The predicted octanol–water partition coefficient (Wildman–Crippen LogP) is 2.05. The first-order chi connectivity index (χ1) is 4.58. The van der Waals surface area contributed by atoms with Gasteiger partial charge in [-0.25, -0.2) is 0 Å². The van der Waals surface area contributed by atoms with Crippen molar-refractivity contribution in [2.45, 2.75) is 33.6 Å². The molecule has 10 heavy (non-hydrogen) atoms. The molecule has 0 saturated heterocycles. The molecule has 2 atom stereocenters. The Kier molecular flexibility index (Phi) is 2.04. The molecule has 0 spiro atoms. The van der Waals surface area contributed by atoms with Crippen LogP contribution in [-0.2, 0) is 0 Å². The fraction of sp³-hybridized carbons (Fsp3) is 1.00. The van der Waals surface area contributed by atoms with Gasteiger partial charge in [-0.2, -0.15) is 0 Å². The largest absolute Gasteiger partial charge is 0.396 e. The summed E-state index contributed by atoms with van der Waals surface area (Å²) >= 11 is 0. The molecule has 0 aromatic heterocycles. The molecule has 0 aromatic rings. The SMILES string of the molecule is CC(C)CC1CC1(C)CO. The van der Waals surface area contributed by atoms with E-state index in [0.29, 0.717) is 12.0 Å². The molecule has 1 nitrogen and oxygen atoms in total. The van der Waals surface area contributed by atoms with E-state index in [4.69, 9.17) is 5.11 Å². The monoisotopic (exact) mass is 142 g/mol. The lowest BCUT2D eigenvalue weighted by atomic mass is 10.0. The summed E-state index contributed by atoms with van der Waals surface area (Å²) in [5.74, 6) is 1.59. The Morgan fingerprint density at radius 2 is 2.20 bits per heavy atom. The van der Waals surface area contributed by atoms with Gasteiger partial charge in [-0.15, -0.1) is 0 Å². The van der Waals surface area contributed by atoms with Gasteiger partial charge >= 0.3 is 0 Å². The first kappa shape index (κ1) is 8.06. The van der Waals surface area contributed by atoms with E-state index in [1.165, 1.54) is 12.8 Å². The van der Waals surface area contributed by atoms with Gasteiger partial charge in [0.2, 0.25) is 0 Å². The molecule has 1 N–H and O–H groups in total. The minimum absolute atomic E-state index is 0.296. The van der Waals surface area contributed by atoms with E-state index in [0.717, 1.165) is 11.8 Å². The zero-order chi connectivity index (χ0) is 7.78. The third-order valence-corrected chi connectivity index (χ3v) is 2.66. The van der Waals surface area contributed by atoms with Crippen LogP contribution in [0.25, 0.3) is 0 Å². The summed E-state index contributed by atoms with van der Waals surface area (Å²) in [6.07, 6.45) is 2.53. The quantitative estimate of drug-likeness (QED) is 0.639. The van der Waals surface area contributed by atoms with E-state index in [1.54, 1.807) is 0 Å². The second-order valence-electron chi connectivity index (χ2n) is 4.34. The summed E-state index contributed by atoms with van der Waals surface area (Å²) in [7, 11) is 0. The van der Waals surface area contributed by atoms with Crippen LogP contribution in [0.4, 0.5) is 0 Å². The molecule has 1 rings (SSSR count). The van der Waals surface area contributed by atoms with Crippen LogP contribution in [0.15, 0.2) is 0 Å². The maximum Gasteiger partial charge on any atom is 0.0487 e. The number of hydrogen-bond donors (Lipinski definition) is 1. The highest BCUT2D eigenvalue weighted by Gasteiger charge is 2.48. The maximum absolute atomic E-state index is 8.95. The summed E-state index contributed by atoms with van der Waals surface area (Å²) in [4.78, 5) is 0. The van der Waals surface area contributed by atoms with E-state index in [9.17, 15) is 0 Å². The summed E-state index contributed by atoms with van der Waals surface area (Å²) in [5.41, 5.74) is 0.296. The zero-order valence-electron chi connectivity index (χ0n) is 7.22. The van der Waals surface area contributed by atoms with Crippen LogP contribution in [0.1, 0.15) is 33.6 Å². The molecular weight excluding hydrogens is 124 g/mol. The van der Waals surface area contributed by atoms with Crippen molar-refractivity contribution < 1.29 is 5.11 Å². The molecule has 1 heteroatoms. The lowest BCUT2D eigenvalue weighted by Gasteiger charge is -2.07. The van der Waals surface area contributed by atoms with Gasteiger partial charge in [-0.1, -0.05) is 20.8 Å². The van der Waals surface area contributed by atoms with Crippen LogP contribution >= 0.6 is 0 Å². The molecule has 1 saturated carbocycles. The highest BCUT2D eigenvalue weighted by Crippen LogP contribution is 2.54. The summed E-state index contributed by atoms with van der Waals surface area (Å²) < 4.78 is 0. The molecule has 0 radical (unpaired) electrons. The zero-order valence-corrected chi connectivity index (χ0v) is 7.22. The second kappa shape index (κ2) is 2.54.